The molecule has 0 bridgehead atoms. The Morgan fingerprint density at radius 2 is 0.784 bits per heavy atom. The second kappa shape index (κ2) is 11.1. The van der Waals surface area contributed by atoms with Crippen LogP contribution < -0.4 is 0 Å². The highest BCUT2D eigenvalue weighted by Crippen LogP contribution is 2.47. The van der Waals surface area contributed by atoms with Crippen molar-refractivity contribution >= 4 is 85.4 Å². The van der Waals surface area contributed by atoms with E-state index in [9.17, 15) is 0 Å². The van der Waals surface area contributed by atoms with E-state index in [-0.39, 0.29) is 0 Å². The van der Waals surface area contributed by atoms with Gasteiger partial charge in [-0.05, 0) is 105 Å². The maximum Gasteiger partial charge on any atom is 0.0434 e. The van der Waals surface area contributed by atoms with Crippen LogP contribution in [0.1, 0.15) is 0 Å². The molecular formula is C50H30S. The van der Waals surface area contributed by atoms with Gasteiger partial charge in [-0.1, -0.05) is 164 Å². The molecule has 0 saturated carbocycles. The first-order valence-electron chi connectivity index (χ1n) is 17.6. The van der Waals surface area contributed by atoms with Gasteiger partial charge < -0.3 is 0 Å². The Hall–Kier alpha value is -6.28. The first-order valence-corrected chi connectivity index (χ1v) is 18.4. The number of rotatable bonds is 3. The van der Waals surface area contributed by atoms with Gasteiger partial charge in [0.05, 0.1) is 0 Å². The van der Waals surface area contributed by atoms with Crippen LogP contribution in [-0.4, -0.2) is 0 Å². The van der Waals surface area contributed by atoms with Crippen LogP contribution in [0.15, 0.2) is 182 Å². The lowest BCUT2D eigenvalue weighted by Gasteiger charge is -2.19. The zero-order valence-corrected chi connectivity index (χ0v) is 28.5. The second-order valence-electron chi connectivity index (χ2n) is 13.6. The number of hydrogen-bond acceptors (Lipinski definition) is 1. The molecule has 0 aliphatic heterocycles. The molecule has 0 aliphatic carbocycles. The Morgan fingerprint density at radius 3 is 1.51 bits per heavy atom. The topological polar surface area (TPSA) is 0 Å². The van der Waals surface area contributed by atoms with Crippen molar-refractivity contribution in [2.24, 2.45) is 0 Å². The van der Waals surface area contributed by atoms with E-state index < -0.39 is 0 Å². The first-order chi connectivity index (χ1) is 25.3. The van der Waals surface area contributed by atoms with Crippen molar-refractivity contribution in [3.63, 3.8) is 0 Å². The molecule has 0 amide bonds. The fraction of sp³-hybridized carbons (Fsp3) is 0. The van der Waals surface area contributed by atoms with E-state index in [0.717, 1.165) is 0 Å². The Labute approximate surface area is 299 Å². The molecule has 0 spiro atoms. The molecular weight excluding hydrogens is 633 g/mol. The lowest BCUT2D eigenvalue weighted by molar-refractivity contribution is 1.67. The molecule has 0 atom stereocenters. The predicted octanol–water partition coefficient (Wildman–Crippen LogP) is 14.8. The molecule has 10 aromatic carbocycles. The number of benzene rings is 10. The van der Waals surface area contributed by atoms with Gasteiger partial charge in [0.1, 0.15) is 0 Å². The van der Waals surface area contributed by atoms with Gasteiger partial charge in [0, 0.05) is 20.2 Å². The molecule has 0 saturated heterocycles. The SMILES string of the molecule is c1ccc2c(-c3c4ccccc4c(-c4ccc5cc(-c6cccc7c6sc6ccc8ccccc8c67)ccc5c4)c4ccccc34)cccc2c1. The smallest absolute Gasteiger partial charge is 0.0434 e. The Balaban J connectivity index is 1.09. The van der Waals surface area contributed by atoms with Crippen LogP contribution in [0.25, 0.3) is 107 Å². The largest absolute Gasteiger partial charge is 0.135 e. The number of hydrogen-bond donors (Lipinski definition) is 0. The van der Waals surface area contributed by atoms with Crippen molar-refractivity contribution in [3.05, 3.63) is 182 Å². The van der Waals surface area contributed by atoms with Crippen molar-refractivity contribution in [2.45, 2.75) is 0 Å². The molecule has 236 valence electrons. The molecule has 0 unspecified atom stereocenters. The van der Waals surface area contributed by atoms with Gasteiger partial charge in [-0.25, -0.2) is 0 Å². The molecule has 11 aromatic rings. The summed E-state index contributed by atoms with van der Waals surface area (Å²) in [6, 6.07) is 67.4. The second-order valence-corrected chi connectivity index (χ2v) is 14.6. The minimum atomic E-state index is 1.24. The molecule has 11 rings (SSSR count). The van der Waals surface area contributed by atoms with Crippen molar-refractivity contribution < 1.29 is 0 Å². The van der Waals surface area contributed by atoms with E-state index in [0.29, 0.717) is 0 Å². The van der Waals surface area contributed by atoms with Gasteiger partial charge in [-0.2, -0.15) is 0 Å². The maximum absolute atomic E-state index is 2.39. The van der Waals surface area contributed by atoms with E-state index >= 15 is 0 Å². The van der Waals surface area contributed by atoms with Crippen molar-refractivity contribution in [3.8, 4) is 33.4 Å². The first kappa shape index (κ1) is 28.5. The molecule has 0 nitrogen and oxygen atoms in total. The van der Waals surface area contributed by atoms with Crippen LogP contribution in [-0.2, 0) is 0 Å². The van der Waals surface area contributed by atoms with Crippen LogP contribution >= 0.6 is 11.3 Å². The zero-order valence-electron chi connectivity index (χ0n) is 27.7. The molecule has 0 aliphatic rings. The lowest BCUT2D eigenvalue weighted by atomic mass is 9.84. The average molecular weight is 663 g/mol. The van der Waals surface area contributed by atoms with Gasteiger partial charge in [0.2, 0.25) is 0 Å². The van der Waals surface area contributed by atoms with Crippen LogP contribution in [0.4, 0.5) is 0 Å². The summed E-state index contributed by atoms with van der Waals surface area (Å²) < 4.78 is 2.69. The fourth-order valence-electron chi connectivity index (χ4n) is 8.54. The van der Waals surface area contributed by atoms with Crippen LogP contribution in [0.3, 0.4) is 0 Å². The maximum atomic E-state index is 2.39. The Morgan fingerprint density at radius 1 is 0.294 bits per heavy atom. The summed E-state index contributed by atoms with van der Waals surface area (Å²) in [5, 5.41) is 15.5. The van der Waals surface area contributed by atoms with Crippen LogP contribution in [0.5, 0.6) is 0 Å². The number of thiophene rings is 1. The molecule has 1 heterocycles. The van der Waals surface area contributed by atoms with Crippen molar-refractivity contribution in [2.75, 3.05) is 0 Å². The molecule has 1 heteroatoms. The van der Waals surface area contributed by atoms with E-state index in [1.165, 1.54) is 107 Å². The predicted molar refractivity (Wildman–Crippen MR) is 223 cm³/mol. The van der Waals surface area contributed by atoms with E-state index in [4.69, 9.17) is 0 Å². The third-order valence-electron chi connectivity index (χ3n) is 10.8. The summed E-state index contributed by atoms with van der Waals surface area (Å²) in [6.07, 6.45) is 0. The average Bonchev–Trinajstić information content (AvgIpc) is 3.59. The lowest BCUT2D eigenvalue weighted by Crippen LogP contribution is -1.91. The Bertz CT molecular complexity index is 3130. The molecule has 0 fully saturated rings. The fourth-order valence-corrected chi connectivity index (χ4v) is 9.79. The molecule has 51 heavy (non-hydrogen) atoms. The summed E-state index contributed by atoms with van der Waals surface area (Å²) >= 11 is 1.91. The monoisotopic (exact) mass is 662 g/mol. The van der Waals surface area contributed by atoms with E-state index in [2.05, 4.69) is 182 Å². The van der Waals surface area contributed by atoms with Gasteiger partial charge >= 0.3 is 0 Å². The highest BCUT2D eigenvalue weighted by atomic mass is 32.1. The molecule has 0 N–H and O–H groups in total. The molecule has 0 radical (unpaired) electrons. The van der Waals surface area contributed by atoms with Crippen LogP contribution in [0.2, 0.25) is 0 Å². The molecule has 1 aromatic heterocycles. The number of fused-ring (bicyclic) bond motifs is 9. The highest BCUT2D eigenvalue weighted by Gasteiger charge is 2.18. The third-order valence-corrected chi connectivity index (χ3v) is 12.0. The van der Waals surface area contributed by atoms with Gasteiger partial charge in [-0.15, -0.1) is 11.3 Å². The normalized spacial score (nSPS) is 11.9. The summed E-state index contributed by atoms with van der Waals surface area (Å²) in [6.45, 7) is 0. The quantitative estimate of drug-likeness (QED) is 0.165. The summed E-state index contributed by atoms with van der Waals surface area (Å²) in [5.74, 6) is 0. The minimum absolute atomic E-state index is 1.24. The standard InChI is InChI=1S/C50H30S/c1-3-14-37-31(11-1)13-9-21-40(37)48-43-18-7-5-16-41(43)47(42-17-6-8-19-44(42)48)36-26-24-33-29-35(25-23-34(33)30-36)39-20-10-22-45-49-38-15-4-2-12-32(38)27-28-46(49)51-50(39)45/h1-30H. The van der Waals surface area contributed by atoms with Crippen molar-refractivity contribution in [1.29, 1.82) is 0 Å². The minimum Gasteiger partial charge on any atom is -0.135 e. The van der Waals surface area contributed by atoms with E-state index in [1.54, 1.807) is 0 Å². The zero-order chi connectivity index (χ0) is 33.5. The highest BCUT2D eigenvalue weighted by molar-refractivity contribution is 7.26. The summed E-state index contributed by atoms with van der Waals surface area (Å²) in [4.78, 5) is 0. The summed E-state index contributed by atoms with van der Waals surface area (Å²) in [5.41, 5.74) is 7.66. The van der Waals surface area contributed by atoms with Gasteiger partial charge in [0.15, 0.2) is 0 Å². The van der Waals surface area contributed by atoms with Crippen LogP contribution in [0, 0.1) is 0 Å². The third kappa shape index (κ3) is 4.32. The van der Waals surface area contributed by atoms with Crippen molar-refractivity contribution in [1.82, 2.24) is 0 Å². The Kier molecular flexibility index (Phi) is 6.22. The van der Waals surface area contributed by atoms with Gasteiger partial charge in [-0.3, -0.25) is 0 Å². The van der Waals surface area contributed by atoms with Gasteiger partial charge in [0.25, 0.3) is 0 Å². The van der Waals surface area contributed by atoms with E-state index in [1.807, 2.05) is 11.3 Å². The summed E-state index contributed by atoms with van der Waals surface area (Å²) in [7, 11) is 0.